The van der Waals surface area contributed by atoms with Crippen molar-refractivity contribution in [3.8, 4) is 5.75 Å². The molecule has 2 amide bonds. The normalized spacial score (nSPS) is 14.4. The topological polar surface area (TPSA) is 101 Å². The molecular formula is C17H14BrNO6. The molecule has 1 heterocycles. The summed E-state index contributed by atoms with van der Waals surface area (Å²) in [5.74, 6) is -2.90. The fourth-order valence-electron chi connectivity index (χ4n) is 2.17. The molecule has 0 bridgehead atoms. The van der Waals surface area contributed by atoms with Crippen LogP contribution >= 0.6 is 15.9 Å². The Hall–Kier alpha value is -2.74. The molecule has 0 atom stereocenters. The molecule has 1 N–H and O–H groups in total. The third-order valence-corrected chi connectivity index (χ3v) is 3.96. The maximum atomic E-state index is 12.1. The van der Waals surface area contributed by atoms with Crippen molar-refractivity contribution in [3.05, 3.63) is 46.0 Å². The predicted molar refractivity (Wildman–Crippen MR) is 92.1 cm³/mol. The van der Waals surface area contributed by atoms with Crippen molar-refractivity contribution in [2.24, 2.45) is 0 Å². The van der Waals surface area contributed by atoms with E-state index in [9.17, 15) is 24.3 Å². The van der Waals surface area contributed by atoms with Crippen LogP contribution in [0.25, 0.3) is 6.08 Å². The second-order valence-corrected chi connectivity index (χ2v) is 5.98. The van der Waals surface area contributed by atoms with Gasteiger partial charge >= 0.3 is 11.9 Å². The summed E-state index contributed by atoms with van der Waals surface area (Å²) in [7, 11) is 0. The van der Waals surface area contributed by atoms with Gasteiger partial charge in [-0.2, -0.15) is 0 Å². The van der Waals surface area contributed by atoms with Crippen LogP contribution in [0.3, 0.4) is 0 Å². The predicted octanol–water partition coefficient (Wildman–Crippen LogP) is 2.36. The number of nitrogens with zero attached hydrogens (tertiary/aromatic N) is 1. The van der Waals surface area contributed by atoms with Gasteiger partial charge in [-0.25, -0.2) is 4.79 Å². The summed E-state index contributed by atoms with van der Waals surface area (Å²) in [4.78, 5) is 47.4. The van der Waals surface area contributed by atoms with Crippen LogP contribution < -0.4 is 4.74 Å². The number of benzene rings is 1. The van der Waals surface area contributed by atoms with Crippen molar-refractivity contribution < 1.29 is 29.0 Å². The number of carbonyl (C=O) groups excluding carboxylic acids is 3. The second kappa shape index (κ2) is 7.89. The monoisotopic (exact) mass is 407 g/mol. The van der Waals surface area contributed by atoms with Crippen molar-refractivity contribution in [1.29, 1.82) is 0 Å². The Labute approximate surface area is 151 Å². The van der Waals surface area contributed by atoms with Gasteiger partial charge in [-0.15, -0.1) is 0 Å². The maximum absolute atomic E-state index is 12.1. The highest BCUT2D eigenvalue weighted by Gasteiger charge is 2.24. The molecule has 0 saturated carbocycles. The van der Waals surface area contributed by atoms with Crippen LogP contribution in [0, 0.1) is 0 Å². The lowest BCUT2D eigenvalue weighted by Crippen LogP contribution is -2.38. The first-order chi connectivity index (χ1) is 11.8. The highest BCUT2D eigenvalue weighted by atomic mass is 79.9. The minimum absolute atomic E-state index is 0.0799. The van der Waals surface area contributed by atoms with Crippen LogP contribution in [0.1, 0.15) is 29.3 Å². The van der Waals surface area contributed by atoms with Gasteiger partial charge in [0.15, 0.2) is 0 Å². The molecule has 0 aliphatic carbocycles. The number of carboxylic acid groups (broad SMARTS) is 1. The summed E-state index contributed by atoms with van der Waals surface area (Å²) >= 11 is 3.10. The molecule has 7 nitrogen and oxygen atoms in total. The van der Waals surface area contributed by atoms with Crippen LogP contribution in [0.5, 0.6) is 5.75 Å². The molecule has 0 aromatic heterocycles. The Morgan fingerprint density at radius 3 is 2.68 bits per heavy atom. The smallest absolute Gasteiger partial charge is 0.339 e. The van der Waals surface area contributed by atoms with Gasteiger partial charge in [0, 0.05) is 19.5 Å². The number of hydrogen-bond donors (Lipinski definition) is 1. The van der Waals surface area contributed by atoms with Gasteiger partial charge in [-0.1, -0.05) is 12.1 Å². The van der Waals surface area contributed by atoms with Gasteiger partial charge < -0.3 is 9.84 Å². The summed E-state index contributed by atoms with van der Waals surface area (Å²) in [5.41, 5.74) is 0.213. The molecule has 130 valence electrons. The zero-order valence-corrected chi connectivity index (χ0v) is 14.8. The number of amides is 2. The minimum atomic E-state index is -1.27. The fourth-order valence-corrected chi connectivity index (χ4v) is 2.61. The van der Waals surface area contributed by atoms with Crippen LogP contribution in [0.15, 0.2) is 34.8 Å². The van der Waals surface area contributed by atoms with Crippen molar-refractivity contribution in [2.75, 3.05) is 6.54 Å². The van der Waals surface area contributed by atoms with Gasteiger partial charge in [0.05, 0.1) is 4.48 Å². The number of hydrogen-bond acceptors (Lipinski definition) is 5. The first kappa shape index (κ1) is 18.6. The van der Waals surface area contributed by atoms with E-state index in [0.717, 1.165) is 4.90 Å². The number of ether oxygens (including phenoxy) is 1. The van der Waals surface area contributed by atoms with Crippen molar-refractivity contribution in [3.63, 3.8) is 0 Å². The summed E-state index contributed by atoms with van der Waals surface area (Å²) < 4.78 is 5.17. The van der Waals surface area contributed by atoms with E-state index in [4.69, 9.17) is 4.74 Å². The first-order valence-corrected chi connectivity index (χ1v) is 8.04. The lowest BCUT2D eigenvalue weighted by molar-refractivity contribution is -0.139. The van der Waals surface area contributed by atoms with Crippen LogP contribution in [-0.2, 0) is 14.4 Å². The molecule has 1 aromatic carbocycles. The average Bonchev–Trinajstić information content (AvgIpc) is 2.55. The van der Waals surface area contributed by atoms with Gasteiger partial charge in [-0.3, -0.25) is 19.3 Å². The standard InChI is InChI=1S/C17H14BrNO6/c1-10(20)25-14-6-4-11(9-12(14)17(23)24)5-7-15(21)19-8-2-3-13(18)16(19)22/h3-7,9H,2,8H2,1H3,(H,23,24)/b7-5+. The zero-order chi connectivity index (χ0) is 18.6. The Morgan fingerprint density at radius 2 is 2.04 bits per heavy atom. The molecule has 2 rings (SSSR count). The van der Waals surface area contributed by atoms with E-state index < -0.39 is 23.8 Å². The van der Waals surface area contributed by atoms with E-state index in [-0.39, 0.29) is 17.9 Å². The number of aromatic carboxylic acids is 1. The summed E-state index contributed by atoms with van der Waals surface area (Å²) in [5, 5.41) is 9.20. The molecule has 25 heavy (non-hydrogen) atoms. The number of imide groups is 1. The highest BCUT2D eigenvalue weighted by molar-refractivity contribution is 9.12. The molecular weight excluding hydrogens is 394 g/mol. The van der Waals surface area contributed by atoms with Crippen LogP contribution in [0.4, 0.5) is 0 Å². The number of esters is 1. The molecule has 0 unspecified atom stereocenters. The third-order valence-electron chi connectivity index (χ3n) is 3.30. The lowest BCUT2D eigenvalue weighted by atomic mass is 10.1. The zero-order valence-electron chi connectivity index (χ0n) is 13.2. The number of carbonyl (C=O) groups is 4. The Morgan fingerprint density at radius 1 is 1.32 bits per heavy atom. The van der Waals surface area contributed by atoms with E-state index in [1.54, 1.807) is 6.08 Å². The van der Waals surface area contributed by atoms with Gasteiger partial charge in [0.1, 0.15) is 11.3 Å². The van der Waals surface area contributed by atoms with Crippen molar-refractivity contribution in [2.45, 2.75) is 13.3 Å². The molecule has 1 aromatic rings. The van der Waals surface area contributed by atoms with Crippen LogP contribution in [-0.4, -0.2) is 40.3 Å². The minimum Gasteiger partial charge on any atom is -0.478 e. The Bertz CT molecular complexity index is 811. The van der Waals surface area contributed by atoms with E-state index in [0.29, 0.717) is 16.5 Å². The fraction of sp³-hybridized carbons (Fsp3) is 0.176. The molecule has 0 saturated heterocycles. The number of carboxylic acids is 1. The highest BCUT2D eigenvalue weighted by Crippen LogP contribution is 2.22. The van der Waals surface area contributed by atoms with E-state index in [1.165, 1.54) is 37.3 Å². The molecule has 0 fully saturated rings. The Balaban J connectivity index is 2.20. The summed E-state index contributed by atoms with van der Waals surface area (Å²) in [6.45, 7) is 1.45. The SMILES string of the molecule is CC(=O)Oc1ccc(/C=C/C(=O)N2CCC=C(Br)C2=O)cc1C(=O)O. The van der Waals surface area contributed by atoms with Gasteiger partial charge in [0.2, 0.25) is 0 Å². The third kappa shape index (κ3) is 4.63. The quantitative estimate of drug-likeness (QED) is 0.467. The summed E-state index contributed by atoms with van der Waals surface area (Å²) in [6, 6.07) is 4.11. The van der Waals surface area contributed by atoms with Gasteiger partial charge in [-0.05, 0) is 46.1 Å². The average molecular weight is 408 g/mol. The molecule has 1 aliphatic rings. The van der Waals surface area contributed by atoms with Crippen LogP contribution in [0.2, 0.25) is 0 Å². The molecule has 1 aliphatic heterocycles. The van der Waals surface area contributed by atoms with Gasteiger partial charge in [0.25, 0.3) is 11.8 Å². The van der Waals surface area contributed by atoms with Crippen molar-refractivity contribution >= 4 is 45.8 Å². The van der Waals surface area contributed by atoms with E-state index >= 15 is 0 Å². The number of rotatable bonds is 4. The maximum Gasteiger partial charge on any atom is 0.339 e. The Kier molecular flexibility index (Phi) is 5.87. The molecule has 0 spiro atoms. The second-order valence-electron chi connectivity index (χ2n) is 5.12. The lowest BCUT2D eigenvalue weighted by Gasteiger charge is -2.21. The molecule has 0 radical (unpaired) electrons. The van der Waals surface area contributed by atoms with Crippen molar-refractivity contribution in [1.82, 2.24) is 4.90 Å². The van der Waals surface area contributed by atoms with E-state index in [2.05, 4.69) is 15.9 Å². The first-order valence-electron chi connectivity index (χ1n) is 7.25. The molecule has 8 heteroatoms. The van der Waals surface area contributed by atoms with E-state index in [1.807, 2.05) is 0 Å². The largest absolute Gasteiger partial charge is 0.478 e. The number of halogens is 1. The summed E-state index contributed by atoms with van der Waals surface area (Å²) in [6.07, 6.45) is 4.84.